The standard InChI is InChI=1S/C23H22N2O3S/c1-28-18-10-7-16(8-11-18)23(19-12-9-17(26)13-21(19)27)14-20(24-22(29)25-23)15-5-3-2-4-6-15/h2-13,20,26-27H,14H2,1H3,(H2,24,25,29). The first-order chi connectivity index (χ1) is 14.0. The lowest BCUT2D eigenvalue weighted by atomic mass is 9.75. The van der Waals surface area contributed by atoms with Crippen molar-refractivity contribution < 1.29 is 14.9 Å². The van der Waals surface area contributed by atoms with Crippen LogP contribution in [0, 0.1) is 0 Å². The molecule has 29 heavy (non-hydrogen) atoms. The van der Waals surface area contributed by atoms with E-state index in [0.717, 1.165) is 16.9 Å². The Labute approximate surface area is 175 Å². The number of phenolic OH excluding ortho intramolecular Hbond substituents is 2. The molecule has 5 nitrogen and oxygen atoms in total. The van der Waals surface area contributed by atoms with Crippen LogP contribution in [-0.2, 0) is 5.54 Å². The topological polar surface area (TPSA) is 73.8 Å². The Balaban J connectivity index is 1.88. The van der Waals surface area contributed by atoms with Crippen molar-refractivity contribution in [3.8, 4) is 17.2 Å². The van der Waals surface area contributed by atoms with Gasteiger partial charge in [0.15, 0.2) is 5.11 Å². The highest BCUT2D eigenvalue weighted by molar-refractivity contribution is 7.80. The Morgan fingerprint density at radius 3 is 2.38 bits per heavy atom. The highest BCUT2D eigenvalue weighted by Crippen LogP contribution is 2.44. The smallest absolute Gasteiger partial charge is 0.167 e. The Morgan fingerprint density at radius 2 is 1.72 bits per heavy atom. The van der Waals surface area contributed by atoms with Crippen molar-refractivity contribution in [2.45, 2.75) is 18.0 Å². The third-order valence-corrected chi connectivity index (χ3v) is 5.59. The minimum Gasteiger partial charge on any atom is -0.508 e. The highest BCUT2D eigenvalue weighted by atomic mass is 32.1. The molecule has 1 aliphatic heterocycles. The van der Waals surface area contributed by atoms with Crippen molar-refractivity contribution in [1.29, 1.82) is 0 Å². The molecular weight excluding hydrogens is 384 g/mol. The maximum atomic E-state index is 10.7. The van der Waals surface area contributed by atoms with E-state index in [4.69, 9.17) is 17.0 Å². The summed E-state index contributed by atoms with van der Waals surface area (Å²) in [5.41, 5.74) is 1.90. The summed E-state index contributed by atoms with van der Waals surface area (Å²) in [5.74, 6) is 0.757. The van der Waals surface area contributed by atoms with Crippen molar-refractivity contribution in [3.63, 3.8) is 0 Å². The molecule has 148 valence electrons. The molecule has 3 aromatic rings. The largest absolute Gasteiger partial charge is 0.508 e. The second-order valence-electron chi connectivity index (χ2n) is 7.10. The second-order valence-corrected chi connectivity index (χ2v) is 7.51. The van der Waals surface area contributed by atoms with Crippen molar-refractivity contribution in [1.82, 2.24) is 10.6 Å². The Morgan fingerprint density at radius 1 is 1.00 bits per heavy atom. The molecule has 0 aliphatic carbocycles. The normalized spacial score (nSPS) is 21.1. The molecule has 0 amide bonds. The molecule has 1 fully saturated rings. The molecule has 1 heterocycles. The van der Waals surface area contributed by atoms with Crippen LogP contribution in [0.1, 0.15) is 29.2 Å². The maximum Gasteiger partial charge on any atom is 0.167 e. The molecule has 0 bridgehead atoms. The zero-order valence-corrected chi connectivity index (χ0v) is 16.7. The number of hydrogen-bond acceptors (Lipinski definition) is 4. The summed E-state index contributed by atoms with van der Waals surface area (Å²) in [7, 11) is 1.62. The van der Waals surface area contributed by atoms with E-state index in [1.807, 2.05) is 42.5 Å². The van der Waals surface area contributed by atoms with Crippen LogP contribution >= 0.6 is 12.2 Å². The average Bonchev–Trinajstić information content (AvgIpc) is 2.74. The van der Waals surface area contributed by atoms with E-state index in [2.05, 4.69) is 22.8 Å². The van der Waals surface area contributed by atoms with E-state index in [1.165, 1.54) is 6.07 Å². The van der Waals surface area contributed by atoms with Gasteiger partial charge < -0.3 is 25.6 Å². The quantitative estimate of drug-likeness (QED) is 0.492. The molecular formula is C23H22N2O3S. The van der Waals surface area contributed by atoms with E-state index in [-0.39, 0.29) is 17.5 Å². The van der Waals surface area contributed by atoms with Crippen LogP contribution < -0.4 is 15.4 Å². The zero-order chi connectivity index (χ0) is 20.4. The van der Waals surface area contributed by atoms with Crippen LogP contribution in [0.5, 0.6) is 17.2 Å². The molecule has 1 saturated heterocycles. The fourth-order valence-electron chi connectivity index (χ4n) is 3.96. The average molecular weight is 407 g/mol. The van der Waals surface area contributed by atoms with Gasteiger partial charge in [0.1, 0.15) is 17.2 Å². The van der Waals surface area contributed by atoms with Gasteiger partial charge in [0, 0.05) is 18.1 Å². The molecule has 0 spiro atoms. The number of hydrogen-bond donors (Lipinski definition) is 4. The summed E-state index contributed by atoms with van der Waals surface area (Å²) in [4.78, 5) is 0. The van der Waals surface area contributed by atoms with Gasteiger partial charge in [0.2, 0.25) is 0 Å². The monoisotopic (exact) mass is 406 g/mol. The molecule has 4 rings (SSSR count). The molecule has 2 unspecified atom stereocenters. The molecule has 0 aromatic heterocycles. The first kappa shape index (κ1) is 19.1. The first-order valence-corrected chi connectivity index (χ1v) is 9.73. The Bertz CT molecular complexity index is 1020. The van der Waals surface area contributed by atoms with Gasteiger partial charge in [-0.1, -0.05) is 42.5 Å². The number of methoxy groups -OCH3 is 1. The van der Waals surface area contributed by atoms with Crippen molar-refractivity contribution in [2.75, 3.05) is 7.11 Å². The first-order valence-electron chi connectivity index (χ1n) is 9.32. The molecule has 2 atom stereocenters. The van der Waals surface area contributed by atoms with Gasteiger partial charge in [-0.15, -0.1) is 0 Å². The molecule has 0 saturated carbocycles. The van der Waals surface area contributed by atoms with Crippen LogP contribution in [0.3, 0.4) is 0 Å². The van der Waals surface area contributed by atoms with Crippen LogP contribution in [0.15, 0.2) is 72.8 Å². The number of aromatic hydroxyl groups is 2. The summed E-state index contributed by atoms with van der Waals surface area (Å²) in [6.07, 6.45) is 0.599. The number of nitrogens with one attached hydrogen (secondary N) is 2. The third kappa shape index (κ3) is 3.59. The number of phenols is 2. The van der Waals surface area contributed by atoms with Crippen LogP contribution in [0.25, 0.3) is 0 Å². The molecule has 6 heteroatoms. The summed E-state index contributed by atoms with van der Waals surface area (Å²) >= 11 is 5.57. The molecule has 1 aliphatic rings. The summed E-state index contributed by atoms with van der Waals surface area (Å²) < 4.78 is 5.31. The van der Waals surface area contributed by atoms with E-state index in [1.54, 1.807) is 19.2 Å². The van der Waals surface area contributed by atoms with E-state index in [9.17, 15) is 10.2 Å². The maximum absolute atomic E-state index is 10.7. The molecule has 0 radical (unpaired) electrons. The number of rotatable bonds is 4. The van der Waals surface area contributed by atoms with Crippen LogP contribution in [0.2, 0.25) is 0 Å². The van der Waals surface area contributed by atoms with Gasteiger partial charge in [-0.05, 0) is 47.6 Å². The Kier molecular flexibility index (Phi) is 5.03. The summed E-state index contributed by atoms with van der Waals surface area (Å²) in [6.45, 7) is 0. The lowest BCUT2D eigenvalue weighted by molar-refractivity contribution is 0.330. The van der Waals surface area contributed by atoms with Crippen molar-refractivity contribution in [3.05, 3.63) is 89.5 Å². The second kappa shape index (κ2) is 7.64. The fourth-order valence-corrected chi connectivity index (χ4v) is 4.28. The number of ether oxygens (including phenoxy) is 1. The van der Waals surface area contributed by atoms with E-state index >= 15 is 0 Å². The predicted molar refractivity (Wildman–Crippen MR) is 116 cm³/mol. The van der Waals surface area contributed by atoms with Gasteiger partial charge in [0.05, 0.1) is 18.7 Å². The van der Waals surface area contributed by atoms with Crippen molar-refractivity contribution >= 4 is 17.3 Å². The van der Waals surface area contributed by atoms with Gasteiger partial charge in [0.25, 0.3) is 0 Å². The minimum atomic E-state index is -0.785. The SMILES string of the molecule is COc1ccc(C2(c3ccc(O)cc3O)CC(c3ccccc3)NC(=S)N2)cc1. The lowest BCUT2D eigenvalue weighted by Gasteiger charge is -2.44. The highest BCUT2D eigenvalue weighted by Gasteiger charge is 2.43. The summed E-state index contributed by atoms with van der Waals surface area (Å²) in [6, 6.07) is 22.4. The molecule has 4 N–H and O–H groups in total. The van der Waals surface area contributed by atoms with Crippen LogP contribution in [0.4, 0.5) is 0 Å². The minimum absolute atomic E-state index is 0.00447. The van der Waals surface area contributed by atoms with Gasteiger partial charge in [-0.2, -0.15) is 0 Å². The van der Waals surface area contributed by atoms with Crippen molar-refractivity contribution in [2.24, 2.45) is 0 Å². The number of thiocarbonyl (C=S) groups is 1. The predicted octanol–water partition coefficient (Wildman–Crippen LogP) is 3.96. The third-order valence-electron chi connectivity index (χ3n) is 5.37. The Hall–Kier alpha value is -3.25. The fraction of sp³-hybridized carbons (Fsp3) is 0.174. The van der Waals surface area contributed by atoms with Gasteiger partial charge in [-0.25, -0.2) is 0 Å². The lowest BCUT2D eigenvalue weighted by Crippen LogP contribution is -2.57. The van der Waals surface area contributed by atoms with E-state index < -0.39 is 5.54 Å². The van der Waals surface area contributed by atoms with Crippen LogP contribution in [-0.4, -0.2) is 22.4 Å². The summed E-state index contributed by atoms with van der Waals surface area (Å²) in [5, 5.41) is 27.8. The van der Waals surface area contributed by atoms with Gasteiger partial charge in [-0.3, -0.25) is 0 Å². The molecule has 3 aromatic carbocycles. The zero-order valence-electron chi connectivity index (χ0n) is 15.9. The number of benzene rings is 3. The van der Waals surface area contributed by atoms with E-state index in [0.29, 0.717) is 17.1 Å². The van der Waals surface area contributed by atoms with Gasteiger partial charge >= 0.3 is 0 Å².